The number of carbonyl (C=O) groups excluding carboxylic acids is 1. The molecule has 1 N–H and O–H groups in total. The summed E-state index contributed by atoms with van der Waals surface area (Å²) in [5.74, 6) is -0.525. The summed E-state index contributed by atoms with van der Waals surface area (Å²) in [6.45, 7) is 6.38. The molecule has 1 aromatic rings. The van der Waals surface area contributed by atoms with E-state index in [0.717, 1.165) is 4.90 Å². The van der Waals surface area contributed by atoms with E-state index >= 15 is 0 Å². The first kappa shape index (κ1) is 13.9. The highest BCUT2D eigenvalue weighted by molar-refractivity contribution is 6.00. The molecule has 2 amide bonds. The molecule has 0 aliphatic carbocycles. The number of hydrogen-bond acceptors (Lipinski definition) is 3. The molecule has 0 spiro atoms. The van der Waals surface area contributed by atoms with Crippen LogP contribution in [-0.2, 0) is 4.79 Å². The molecule has 1 rings (SSSR count). The van der Waals surface area contributed by atoms with Crippen molar-refractivity contribution in [3.8, 4) is 0 Å². The molecular weight excluding hydrogens is 236 g/mol. The number of hydrogen-bond donors (Lipinski definition) is 1. The lowest BCUT2D eigenvalue weighted by atomic mass is 10.1. The minimum atomic E-state index is -1.20. The molecule has 0 aliphatic rings. The molecule has 0 radical (unpaired) electrons. The van der Waals surface area contributed by atoms with Crippen molar-refractivity contribution in [2.45, 2.75) is 33.2 Å². The van der Waals surface area contributed by atoms with Crippen molar-refractivity contribution >= 4 is 18.0 Å². The second kappa shape index (κ2) is 4.99. The van der Waals surface area contributed by atoms with Gasteiger partial charge in [0.25, 0.3) is 0 Å². The number of amides is 2. The van der Waals surface area contributed by atoms with E-state index in [9.17, 15) is 14.7 Å². The van der Waals surface area contributed by atoms with Gasteiger partial charge in [0.05, 0.1) is 0 Å². The first-order valence-corrected chi connectivity index (χ1v) is 5.36. The molecule has 0 saturated heterocycles. The maximum absolute atomic E-state index is 11.4. The van der Waals surface area contributed by atoms with E-state index in [1.165, 1.54) is 24.0 Å². The van der Waals surface area contributed by atoms with Gasteiger partial charge in [-0.05, 0) is 26.8 Å². The standard InChI is InChI=1S/C11H16N4O3/c1-8(16)13-9(14-7-5-6-12-14)15(10(17)18)11(2,3)4/h5-7H,1-4H3,(H,17,18). The lowest BCUT2D eigenvalue weighted by Crippen LogP contribution is -2.51. The van der Waals surface area contributed by atoms with Crippen molar-refractivity contribution in [2.75, 3.05) is 0 Å². The zero-order chi connectivity index (χ0) is 13.9. The Labute approximate surface area is 105 Å². The van der Waals surface area contributed by atoms with Crippen LogP contribution in [0, 0.1) is 0 Å². The van der Waals surface area contributed by atoms with Gasteiger partial charge in [0.2, 0.25) is 11.9 Å². The number of carboxylic acid groups (broad SMARTS) is 1. The Morgan fingerprint density at radius 3 is 2.33 bits per heavy atom. The van der Waals surface area contributed by atoms with Crippen molar-refractivity contribution in [1.29, 1.82) is 0 Å². The Morgan fingerprint density at radius 2 is 2.00 bits per heavy atom. The molecule has 0 aliphatic heterocycles. The summed E-state index contributed by atoms with van der Waals surface area (Å²) in [4.78, 5) is 27.2. The Morgan fingerprint density at radius 1 is 1.39 bits per heavy atom. The Hall–Kier alpha value is -2.18. The predicted octanol–water partition coefficient (Wildman–Crippen LogP) is 1.41. The quantitative estimate of drug-likeness (QED) is 0.558. The SMILES string of the molecule is CC(=O)N=C(N(C(=O)O)C(C)(C)C)n1cccn1. The van der Waals surface area contributed by atoms with E-state index in [4.69, 9.17) is 0 Å². The zero-order valence-electron chi connectivity index (χ0n) is 10.8. The second-order valence-electron chi connectivity index (χ2n) is 4.67. The lowest BCUT2D eigenvalue weighted by molar-refractivity contribution is -0.115. The average molecular weight is 252 g/mol. The van der Waals surface area contributed by atoms with E-state index in [1.807, 2.05) is 0 Å². The van der Waals surface area contributed by atoms with Crippen LogP contribution >= 0.6 is 0 Å². The van der Waals surface area contributed by atoms with Crippen LogP contribution in [-0.4, -0.2) is 43.3 Å². The fourth-order valence-electron chi connectivity index (χ4n) is 1.40. The fraction of sp³-hybridized carbons (Fsp3) is 0.455. The molecule has 1 aromatic heterocycles. The van der Waals surface area contributed by atoms with E-state index in [-0.39, 0.29) is 5.96 Å². The van der Waals surface area contributed by atoms with Crippen LogP contribution in [0.1, 0.15) is 27.7 Å². The van der Waals surface area contributed by atoms with Crippen LogP contribution in [0.25, 0.3) is 0 Å². The smallest absolute Gasteiger partial charge is 0.414 e. The molecular formula is C11H16N4O3. The van der Waals surface area contributed by atoms with E-state index in [2.05, 4.69) is 10.1 Å². The van der Waals surface area contributed by atoms with Crippen molar-refractivity contribution < 1.29 is 14.7 Å². The minimum absolute atomic E-state index is 0.0347. The third kappa shape index (κ3) is 3.16. The molecule has 1 heterocycles. The van der Waals surface area contributed by atoms with Gasteiger partial charge in [-0.25, -0.2) is 14.4 Å². The van der Waals surface area contributed by atoms with Crippen LogP contribution in [0.5, 0.6) is 0 Å². The summed E-state index contributed by atoms with van der Waals surface area (Å²) >= 11 is 0. The molecule has 0 unspecified atom stereocenters. The Bertz CT molecular complexity index is 471. The normalized spacial score (nSPS) is 12.3. The van der Waals surface area contributed by atoms with Gasteiger partial charge in [0.15, 0.2) is 0 Å². The van der Waals surface area contributed by atoms with Crippen LogP contribution < -0.4 is 0 Å². The van der Waals surface area contributed by atoms with Crippen LogP contribution in [0.4, 0.5) is 4.79 Å². The number of aromatic nitrogens is 2. The van der Waals surface area contributed by atoms with Gasteiger partial charge in [0.1, 0.15) is 0 Å². The first-order valence-electron chi connectivity index (χ1n) is 5.36. The Balaban J connectivity index is 3.34. The molecule has 0 fully saturated rings. The number of carbonyl (C=O) groups is 2. The van der Waals surface area contributed by atoms with Crippen molar-refractivity contribution in [2.24, 2.45) is 4.99 Å². The molecule has 98 valence electrons. The highest BCUT2D eigenvalue weighted by atomic mass is 16.4. The fourth-order valence-corrected chi connectivity index (χ4v) is 1.40. The third-order valence-corrected chi connectivity index (χ3v) is 2.03. The highest BCUT2D eigenvalue weighted by Crippen LogP contribution is 2.15. The number of rotatable bonds is 0. The summed E-state index contributed by atoms with van der Waals surface area (Å²) in [6.07, 6.45) is 1.82. The molecule has 0 atom stereocenters. The summed E-state index contributed by atoms with van der Waals surface area (Å²) < 4.78 is 1.25. The Kier molecular flexibility index (Phi) is 3.85. The van der Waals surface area contributed by atoms with Gasteiger partial charge >= 0.3 is 6.09 Å². The molecule has 18 heavy (non-hydrogen) atoms. The maximum atomic E-state index is 11.4. The van der Waals surface area contributed by atoms with Gasteiger partial charge < -0.3 is 5.11 Å². The lowest BCUT2D eigenvalue weighted by Gasteiger charge is -2.33. The second-order valence-corrected chi connectivity index (χ2v) is 4.67. The van der Waals surface area contributed by atoms with Gasteiger partial charge in [-0.2, -0.15) is 10.1 Å². The van der Waals surface area contributed by atoms with Gasteiger partial charge in [-0.15, -0.1) is 0 Å². The van der Waals surface area contributed by atoms with Crippen molar-refractivity contribution in [3.05, 3.63) is 18.5 Å². The average Bonchev–Trinajstić information content (AvgIpc) is 2.64. The van der Waals surface area contributed by atoms with E-state index in [1.54, 1.807) is 26.8 Å². The van der Waals surface area contributed by atoms with Crippen LogP contribution in [0.3, 0.4) is 0 Å². The third-order valence-electron chi connectivity index (χ3n) is 2.03. The summed E-state index contributed by atoms with van der Waals surface area (Å²) in [5, 5.41) is 13.2. The molecule has 0 aromatic carbocycles. The maximum Gasteiger partial charge on any atom is 0.414 e. The van der Waals surface area contributed by atoms with Gasteiger partial charge in [-0.3, -0.25) is 4.79 Å². The molecule has 7 heteroatoms. The molecule has 0 bridgehead atoms. The molecule has 0 saturated carbocycles. The van der Waals surface area contributed by atoms with Crippen LogP contribution in [0.2, 0.25) is 0 Å². The zero-order valence-corrected chi connectivity index (χ0v) is 10.8. The number of aliphatic imine (C=N–C) groups is 1. The predicted molar refractivity (Wildman–Crippen MR) is 65.4 cm³/mol. The molecule has 7 nitrogen and oxygen atoms in total. The van der Waals surface area contributed by atoms with Gasteiger partial charge in [-0.1, -0.05) is 0 Å². The highest BCUT2D eigenvalue weighted by Gasteiger charge is 2.32. The van der Waals surface area contributed by atoms with Crippen molar-refractivity contribution in [1.82, 2.24) is 14.7 Å². The van der Waals surface area contributed by atoms with E-state index in [0.29, 0.717) is 0 Å². The largest absolute Gasteiger partial charge is 0.465 e. The monoisotopic (exact) mass is 252 g/mol. The van der Waals surface area contributed by atoms with Crippen molar-refractivity contribution in [3.63, 3.8) is 0 Å². The van der Waals surface area contributed by atoms with E-state index < -0.39 is 17.5 Å². The number of nitrogens with zero attached hydrogens (tertiary/aromatic N) is 4. The minimum Gasteiger partial charge on any atom is -0.465 e. The summed E-state index contributed by atoms with van der Waals surface area (Å²) in [5.41, 5.74) is -0.744. The first-order chi connectivity index (χ1) is 8.23. The summed E-state index contributed by atoms with van der Waals surface area (Å²) in [7, 11) is 0. The summed E-state index contributed by atoms with van der Waals surface area (Å²) in [6, 6.07) is 1.62. The topological polar surface area (TPSA) is 87.8 Å². The van der Waals surface area contributed by atoms with Gasteiger partial charge in [0, 0.05) is 24.9 Å². The van der Waals surface area contributed by atoms with Crippen LogP contribution in [0.15, 0.2) is 23.5 Å².